The van der Waals surface area contributed by atoms with Crippen molar-refractivity contribution in [2.75, 3.05) is 0 Å². The second-order valence-electron chi connectivity index (χ2n) is 4.62. The van der Waals surface area contributed by atoms with Crippen LogP contribution in [0.15, 0.2) is 34.8 Å². The van der Waals surface area contributed by atoms with Crippen molar-refractivity contribution in [2.24, 2.45) is 5.84 Å². The first kappa shape index (κ1) is 14.7. The summed E-state index contributed by atoms with van der Waals surface area (Å²) in [6, 6.07) is 10.8. The Kier molecular flexibility index (Phi) is 5.16. The van der Waals surface area contributed by atoms with Gasteiger partial charge in [0.1, 0.15) is 0 Å². The summed E-state index contributed by atoms with van der Waals surface area (Å²) in [7, 11) is 0. The van der Waals surface area contributed by atoms with E-state index >= 15 is 0 Å². The van der Waals surface area contributed by atoms with Gasteiger partial charge in [-0.05, 0) is 36.6 Å². The van der Waals surface area contributed by atoms with Crippen LogP contribution in [0.4, 0.5) is 0 Å². The number of benzene rings is 1. The van der Waals surface area contributed by atoms with Crippen LogP contribution in [-0.2, 0) is 12.8 Å². The lowest BCUT2D eigenvalue weighted by Gasteiger charge is -2.18. The van der Waals surface area contributed by atoms with Crippen LogP contribution in [-0.4, -0.2) is 0 Å². The molecule has 0 aliphatic carbocycles. The van der Waals surface area contributed by atoms with Crippen LogP contribution in [0.2, 0.25) is 0 Å². The van der Waals surface area contributed by atoms with Crippen molar-refractivity contribution in [3.63, 3.8) is 0 Å². The predicted molar refractivity (Wildman–Crippen MR) is 86.3 cm³/mol. The number of aryl methyl sites for hydroxylation is 2. The summed E-state index contributed by atoms with van der Waals surface area (Å²) < 4.78 is 1.14. The van der Waals surface area contributed by atoms with Crippen molar-refractivity contribution in [2.45, 2.75) is 32.7 Å². The molecule has 0 fully saturated rings. The molecule has 0 bridgehead atoms. The van der Waals surface area contributed by atoms with Gasteiger partial charge in [-0.15, -0.1) is 11.3 Å². The van der Waals surface area contributed by atoms with Crippen LogP contribution in [0, 0.1) is 6.92 Å². The van der Waals surface area contributed by atoms with Crippen LogP contribution >= 0.6 is 27.3 Å². The zero-order chi connectivity index (χ0) is 13.8. The fourth-order valence-corrected chi connectivity index (χ4v) is 3.67. The van der Waals surface area contributed by atoms with Gasteiger partial charge in [-0.3, -0.25) is 11.3 Å². The molecule has 0 saturated heterocycles. The van der Waals surface area contributed by atoms with Gasteiger partial charge in [0.25, 0.3) is 0 Å². The number of rotatable bonds is 5. The van der Waals surface area contributed by atoms with Crippen LogP contribution in [0.5, 0.6) is 0 Å². The van der Waals surface area contributed by atoms with E-state index in [1.54, 1.807) is 0 Å². The number of hydrogen-bond acceptors (Lipinski definition) is 3. The molecule has 0 aliphatic rings. The monoisotopic (exact) mass is 338 g/mol. The Hall–Kier alpha value is -0.680. The quantitative estimate of drug-likeness (QED) is 0.635. The van der Waals surface area contributed by atoms with Crippen molar-refractivity contribution in [3.8, 4) is 0 Å². The van der Waals surface area contributed by atoms with E-state index in [-0.39, 0.29) is 6.04 Å². The Morgan fingerprint density at radius 2 is 2.00 bits per heavy atom. The highest BCUT2D eigenvalue weighted by Gasteiger charge is 2.15. The second-order valence-corrected chi connectivity index (χ2v) is 6.67. The van der Waals surface area contributed by atoms with Crippen LogP contribution < -0.4 is 11.3 Å². The average molecular weight is 339 g/mol. The molecule has 3 N–H and O–H groups in total. The predicted octanol–water partition coefficient (Wildman–Crippen LogP) is 4.13. The Bertz CT molecular complexity index is 551. The van der Waals surface area contributed by atoms with Gasteiger partial charge in [0, 0.05) is 20.6 Å². The molecule has 1 aromatic carbocycles. The van der Waals surface area contributed by atoms with E-state index in [2.05, 4.69) is 65.5 Å². The molecule has 19 heavy (non-hydrogen) atoms. The van der Waals surface area contributed by atoms with Gasteiger partial charge in [0.05, 0.1) is 6.04 Å². The van der Waals surface area contributed by atoms with Gasteiger partial charge in [-0.25, -0.2) is 0 Å². The fraction of sp³-hybridized carbons (Fsp3) is 0.333. The lowest BCUT2D eigenvalue weighted by Crippen LogP contribution is -2.29. The van der Waals surface area contributed by atoms with Crippen LogP contribution in [0.1, 0.15) is 33.8 Å². The zero-order valence-electron chi connectivity index (χ0n) is 11.2. The first-order valence-electron chi connectivity index (χ1n) is 6.44. The van der Waals surface area contributed by atoms with Gasteiger partial charge < -0.3 is 0 Å². The number of hydrazine groups is 1. The van der Waals surface area contributed by atoms with E-state index in [4.69, 9.17) is 5.84 Å². The third-order valence-corrected chi connectivity index (χ3v) is 5.60. The minimum atomic E-state index is 0.137. The minimum Gasteiger partial charge on any atom is -0.271 e. The maximum atomic E-state index is 5.74. The first-order valence-corrected chi connectivity index (χ1v) is 8.05. The molecule has 4 heteroatoms. The molecule has 0 aliphatic heterocycles. The van der Waals surface area contributed by atoms with Crippen molar-refractivity contribution >= 4 is 27.3 Å². The lowest BCUT2D eigenvalue weighted by molar-refractivity contribution is 0.553. The summed E-state index contributed by atoms with van der Waals surface area (Å²) >= 11 is 5.53. The Morgan fingerprint density at radius 1 is 1.26 bits per heavy atom. The highest BCUT2D eigenvalue weighted by atomic mass is 79.9. The maximum absolute atomic E-state index is 5.74. The number of hydrogen-bond donors (Lipinski definition) is 2. The summed E-state index contributed by atoms with van der Waals surface area (Å²) in [5, 5.41) is 0. The van der Waals surface area contributed by atoms with E-state index in [0.717, 1.165) is 17.3 Å². The normalized spacial score (nSPS) is 12.6. The van der Waals surface area contributed by atoms with E-state index in [1.165, 1.54) is 20.9 Å². The van der Waals surface area contributed by atoms with Gasteiger partial charge in [-0.1, -0.05) is 41.1 Å². The van der Waals surface area contributed by atoms with Gasteiger partial charge in [-0.2, -0.15) is 0 Å². The molecule has 1 unspecified atom stereocenters. The third-order valence-electron chi connectivity index (χ3n) is 3.27. The van der Waals surface area contributed by atoms with E-state index in [0.29, 0.717) is 0 Å². The molecule has 1 heterocycles. The topological polar surface area (TPSA) is 38.0 Å². The van der Waals surface area contributed by atoms with Crippen molar-refractivity contribution < 1.29 is 0 Å². The largest absolute Gasteiger partial charge is 0.271 e. The molecule has 2 nitrogen and oxygen atoms in total. The van der Waals surface area contributed by atoms with Crippen LogP contribution in [0.3, 0.4) is 0 Å². The summed E-state index contributed by atoms with van der Waals surface area (Å²) in [5.74, 6) is 5.74. The molecule has 102 valence electrons. The molecule has 2 aromatic rings. The van der Waals surface area contributed by atoms with E-state index in [9.17, 15) is 0 Å². The molecular formula is C15H19BrN2S. The number of halogens is 1. The highest BCUT2D eigenvalue weighted by molar-refractivity contribution is 9.10. The van der Waals surface area contributed by atoms with Crippen molar-refractivity contribution in [1.82, 2.24) is 5.43 Å². The van der Waals surface area contributed by atoms with Crippen molar-refractivity contribution in [1.29, 1.82) is 0 Å². The van der Waals surface area contributed by atoms with E-state index in [1.807, 2.05) is 11.3 Å². The number of nitrogens with two attached hydrogens (primary N) is 1. The highest BCUT2D eigenvalue weighted by Crippen LogP contribution is 2.30. The lowest BCUT2D eigenvalue weighted by atomic mass is 10.0. The smallest absolute Gasteiger partial charge is 0.0519 e. The molecule has 2 rings (SSSR count). The molecule has 0 spiro atoms. The summed E-state index contributed by atoms with van der Waals surface area (Å²) in [4.78, 5) is 2.79. The summed E-state index contributed by atoms with van der Waals surface area (Å²) in [5.41, 5.74) is 5.39. The van der Waals surface area contributed by atoms with Gasteiger partial charge in [0.15, 0.2) is 0 Å². The standard InChI is InChI=1S/C15H19BrN2S/c1-3-11-7-8-12(19-11)9-14(18-17)13-6-4-5-10(2)15(13)16/h4-8,14,18H,3,9,17H2,1-2H3. The SMILES string of the molecule is CCc1ccc(CC(NN)c2cccc(C)c2Br)s1. The zero-order valence-corrected chi connectivity index (χ0v) is 13.6. The van der Waals surface area contributed by atoms with Crippen LogP contribution in [0.25, 0.3) is 0 Å². The maximum Gasteiger partial charge on any atom is 0.0519 e. The first-order chi connectivity index (χ1) is 9.15. The number of thiophene rings is 1. The molecule has 1 atom stereocenters. The molecular weight excluding hydrogens is 320 g/mol. The minimum absolute atomic E-state index is 0.137. The molecule has 0 radical (unpaired) electrons. The second kappa shape index (κ2) is 6.66. The Labute approximate surface area is 127 Å². The average Bonchev–Trinajstić information content (AvgIpc) is 2.87. The van der Waals surface area contributed by atoms with Gasteiger partial charge >= 0.3 is 0 Å². The van der Waals surface area contributed by atoms with Gasteiger partial charge in [0.2, 0.25) is 0 Å². The molecule has 1 aromatic heterocycles. The Balaban J connectivity index is 2.22. The fourth-order valence-electron chi connectivity index (χ4n) is 2.12. The summed E-state index contributed by atoms with van der Waals surface area (Å²) in [6.45, 7) is 4.28. The molecule has 0 amide bonds. The van der Waals surface area contributed by atoms with Crippen molar-refractivity contribution in [3.05, 3.63) is 55.7 Å². The van der Waals surface area contributed by atoms with E-state index < -0.39 is 0 Å². The summed E-state index contributed by atoms with van der Waals surface area (Å²) in [6.07, 6.45) is 2.02. The molecule has 0 saturated carbocycles. The number of nitrogens with one attached hydrogen (secondary N) is 1. The Morgan fingerprint density at radius 3 is 2.63 bits per heavy atom. The third kappa shape index (κ3) is 3.45.